The van der Waals surface area contributed by atoms with Gasteiger partial charge in [0.05, 0.1) is 0 Å². The molecule has 2 aromatic rings. The van der Waals surface area contributed by atoms with E-state index >= 15 is 0 Å². The average molecular weight is 284 g/mol. The van der Waals surface area contributed by atoms with Crippen molar-refractivity contribution in [2.24, 2.45) is 5.73 Å². The Labute approximate surface area is 115 Å². The molecule has 94 valence electrons. The smallest absolute Gasteiger partial charge is 0.128 e. The van der Waals surface area contributed by atoms with Crippen LogP contribution in [0.25, 0.3) is 0 Å². The second kappa shape index (κ2) is 5.70. The predicted octanol–water partition coefficient (Wildman–Crippen LogP) is 4.38. The van der Waals surface area contributed by atoms with Gasteiger partial charge in [0.1, 0.15) is 5.82 Å². The lowest BCUT2D eigenvalue weighted by molar-refractivity contribution is 0.580. The van der Waals surface area contributed by atoms with Gasteiger partial charge in [0.15, 0.2) is 0 Å². The first kappa shape index (κ1) is 13.3. The second-order valence-corrected chi connectivity index (χ2v) is 4.98. The quantitative estimate of drug-likeness (QED) is 0.889. The molecule has 0 aliphatic carbocycles. The third-order valence-electron chi connectivity index (χ3n) is 2.73. The largest absolute Gasteiger partial charge is 0.324 e. The van der Waals surface area contributed by atoms with Crippen LogP contribution >= 0.6 is 23.2 Å². The van der Waals surface area contributed by atoms with Crippen molar-refractivity contribution in [3.8, 4) is 0 Å². The highest BCUT2D eigenvalue weighted by atomic mass is 35.5. The van der Waals surface area contributed by atoms with Crippen LogP contribution < -0.4 is 5.73 Å². The van der Waals surface area contributed by atoms with Crippen LogP contribution in [0.2, 0.25) is 10.0 Å². The predicted molar refractivity (Wildman–Crippen MR) is 73.5 cm³/mol. The van der Waals surface area contributed by atoms with E-state index < -0.39 is 6.04 Å². The molecule has 0 radical (unpaired) electrons. The molecule has 0 aliphatic rings. The zero-order valence-corrected chi connectivity index (χ0v) is 11.0. The zero-order chi connectivity index (χ0) is 13.1. The average Bonchev–Trinajstić information content (AvgIpc) is 2.35. The minimum atomic E-state index is -0.426. The summed E-state index contributed by atoms with van der Waals surface area (Å²) in [4.78, 5) is 0. The van der Waals surface area contributed by atoms with E-state index in [0.717, 1.165) is 5.56 Å². The van der Waals surface area contributed by atoms with E-state index in [1.807, 2.05) is 12.1 Å². The molecule has 0 spiro atoms. The van der Waals surface area contributed by atoms with Crippen molar-refractivity contribution in [3.63, 3.8) is 0 Å². The molecule has 2 aromatic carbocycles. The summed E-state index contributed by atoms with van der Waals surface area (Å²) in [6.07, 6.45) is 0.536. The molecule has 1 nitrogen and oxygen atoms in total. The van der Waals surface area contributed by atoms with Crippen molar-refractivity contribution >= 4 is 23.2 Å². The molecule has 0 bridgehead atoms. The van der Waals surface area contributed by atoms with Gasteiger partial charge in [-0.1, -0.05) is 35.3 Å². The van der Waals surface area contributed by atoms with Gasteiger partial charge in [-0.15, -0.1) is 0 Å². The number of hydrogen-bond acceptors (Lipinski definition) is 1. The monoisotopic (exact) mass is 283 g/mol. The number of nitrogens with two attached hydrogens (primary N) is 1. The van der Waals surface area contributed by atoms with Gasteiger partial charge in [-0.2, -0.15) is 0 Å². The van der Waals surface area contributed by atoms with Gasteiger partial charge in [0.25, 0.3) is 0 Å². The maximum absolute atomic E-state index is 13.6. The first-order valence-electron chi connectivity index (χ1n) is 5.51. The van der Waals surface area contributed by atoms with Gasteiger partial charge < -0.3 is 5.73 Å². The fourth-order valence-electron chi connectivity index (χ4n) is 1.78. The van der Waals surface area contributed by atoms with Gasteiger partial charge in [-0.25, -0.2) is 4.39 Å². The summed E-state index contributed by atoms with van der Waals surface area (Å²) in [6.45, 7) is 0. The van der Waals surface area contributed by atoms with E-state index in [4.69, 9.17) is 28.9 Å². The van der Waals surface area contributed by atoms with E-state index in [-0.39, 0.29) is 5.82 Å². The topological polar surface area (TPSA) is 26.0 Å². The number of rotatable bonds is 3. The SMILES string of the molecule is NC(Cc1ccc(Cl)cc1)c1cc(Cl)ccc1F. The molecule has 0 heterocycles. The molecule has 4 heteroatoms. The molecule has 0 amide bonds. The van der Waals surface area contributed by atoms with Crippen LogP contribution in [0.15, 0.2) is 42.5 Å². The summed E-state index contributed by atoms with van der Waals surface area (Å²) < 4.78 is 13.6. The number of halogens is 3. The molecule has 0 saturated carbocycles. The Morgan fingerprint density at radius 1 is 1.00 bits per heavy atom. The van der Waals surface area contributed by atoms with E-state index in [9.17, 15) is 4.39 Å². The van der Waals surface area contributed by atoms with Gasteiger partial charge in [-0.3, -0.25) is 0 Å². The zero-order valence-electron chi connectivity index (χ0n) is 9.54. The van der Waals surface area contributed by atoms with Crippen molar-refractivity contribution < 1.29 is 4.39 Å². The summed E-state index contributed by atoms with van der Waals surface area (Å²) in [5.41, 5.74) is 7.44. The van der Waals surface area contributed by atoms with Crippen molar-refractivity contribution in [1.82, 2.24) is 0 Å². The Balaban J connectivity index is 2.18. The summed E-state index contributed by atoms with van der Waals surface area (Å²) in [5, 5.41) is 1.15. The molecule has 1 unspecified atom stereocenters. The molecule has 2 rings (SSSR count). The lowest BCUT2D eigenvalue weighted by Crippen LogP contribution is -2.15. The van der Waals surface area contributed by atoms with Crippen molar-refractivity contribution in [2.75, 3.05) is 0 Å². The van der Waals surface area contributed by atoms with Crippen LogP contribution in [-0.2, 0) is 6.42 Å². The highest BCUT2D eigenvalue weighted by Gasteiger charge is 2.12. The third kappa shape index (κ3) is 3.22. The van der Waals surface area contributed by atoms with Crippen LogP contribution in [0.5, 0.6) is 0 Å². The van der Waals surface area contributed by atoms with Gasteiger partial charge in [0.2, 0.25) is 0 Å². The standard InChI is InChI=1S/C14H12Cl2FN/c15-10-3-1-9(2-4-10)7-14(18)12-8-11(16)5-6-13(12)17/h1-6,8,14H,7,18H2. The molecular weight excluding hydrogens is 272 g/mol. The first-order valence-corrected chi connectivity index (χ1v) is 6.27. The van der Waals surface area contributed by atoms with E-state index in [1.165, 1.54) is 12.1 Å². The Bertz CT molecular complexity index is 540. The molecule has 0 fully saturated rings. The van der Waals surface area contributed by atoms with E-state index in [1.54, 1.807) is 18.2 Å². The van der Waals surface area contributed by atoms with E-state index in [2.05, 4.69) is 0 Å². The minimum absolute atomic E-state index is 0.333. The van der Waals surface area contributed by atoms with Gasteiger partial charge in [0, 0.05) is 21.7 Å². The summed E-state index contributed by atoms with van der Waals surface area (Å²) in [7, 11) is 0. The Kier molecular flexibility index (Phi) is 4.23. The second-order valence-electron chi connectivity index (χ2n) is 4.10. The van der Waals surface area contributed by atoms with Crippen molar-refractivity contribution in [3.05, 3.63) is 69.5 Å². The Hall–Kier alpha value is -1.09. The van der Waals surface area contributed by atoms with Crippen LogP contribution in [0.1, 0.15) is 17.2 Å². The van der Waals surface area contributed by atoms with Crippen molar-refractivity contribution in [2.45, 2.75) is 12.5 Å². The normalized spacial score (nSPS) is 12.4. The molecule has 2 N–H and O–H groups in total. The van der Waals surface area contributed by atoms with Crippen LogP contribution in [0, 0.1) is 5.82 Å². The van der Waals surface area contributed by atoms with Crippen LogP contribution in [0.4, 0.5) is 4.39 Å². The summed E-state index contributed by atoms with van der Waals surface area (Å²) >= 11 is 11.6. The van der Waals surface area contributed by atoms with Crippen LogP contribution in [-0.4, -0.2) is 0 Å². The third-order valence-corrected chi connectivity index (χ3v) is 3.21. The maximum atomic E-state index is 13.6. The molecule has 0 aromatic heterocycles. The molecule has 1 atom stereocenters. The molecule has 18 heavy (non-hydrogen) atoms. The fourth-order valence-corrected chi connectivity index (χ4v) is 2.09. The van der Waals surface area contributed by atoms with Gasteiger partial charge in [-0.05, 0) is 42.3 Å². The molecular formula is C14H12Cl2FN. The minimum Gasteiger partial charge on any atom is -0.324 e. The summed E-state index contributed by atoms with van der Waals surface area (Å²) in [6, 6.07) is 11.3. The van der Waals surface area contributed by atoms with Gasteiger partial charge >= 0.3 is 0 Å². The van der Waals surface area contributed by atoms with Crippen LogP contribution in [0.3, 0.4) is 0 Å². The lowest BCUT2D eigenvalue weighted by Gasteiger charge is -2.13. The first-order chi connectivity index (χ1) is 8.56. The Morgan fingerprint density at radius 3 is 2.28 bits per heavy atom. The Morgan fingerprint density at radius 2 is 1.61 bits per heavy atom. The molecule has 0 saturated heterocycles. The highest BCUT2D eigenvalue weighted by Crippen LogP contribution is 2.23. The van der Waals surface area contributed by atoms with Crippen molar-refractivity contribution in [1.29, 1.82) is 0 Å². The lowest BCUT2D eigenvalue weighted by atomic mass is 9.99. The summed E-state index contributed by atoms with van der Waals surface area (Å²) in [5.74, 6) is -0.333. The maximum Gasteiger partial charge on any atom is 0.128 e. The fraction of sp³-hybridized carbons (Fsp3) is 0.143. The molecule has 0 aliphatic heterocycles. The highest BCUT2D eigenvalue weighted by molar-refractivity contribution is 6.30. The number of benzene rings is 2. The number of hydrogen-bond donors (Lipinski definition) is 1. The van der Waals surface area contributed by atoms with E-state index in [0.29, 0.717) is 22.0 Å².